The SMILES string of the molecule is COc1ccc2nc(CCc3ccc(Cl)cc3)ccc2c1. The number of aromatic nitrogens is 1. The summed E-state index contributed by atoms with van der Waals surface area (Å²) in [6.07, 6.45) is 1.88. The van der Waals surface area contributed by atoms with E-state index in [9.17, 15) is 0 Å². The zero-order chi connectivity index (χ0) is 14.7. The molecule has 3 aromatic rings. The second kappa shape index (κ2) is 6.15. The molecule has 0 radical (unpaired) electrons. The number of rotatable bonds is 4. The van der Waals surface area contributed by atoms with Crippen molar-refractivity contribution in [2.45, 2.75) is 12.8 Å². The van der Waals surface area contributed by atoms with Crippen molar-refractivity contribution in [3.8, 4) is 5.75 Å². The van der Waals surface area contributed by atoms with E-state index in [1.54, 1.807) is 7.11 Å². The van der Waals surface area contributed by atoms with Crippen molar-refractivity contribution in [3.05, 3.63) is 70.9 Å². The van der Waals surface area contributed by atoms with Crippen molar-refractivity contribution >= 4 is 22.5 Å². The van der Waals surface area contributed by atoms with E-state index >= 15 is 0 Å². The third-order valence-corrected chi connectivity index (χ3v) is 3.79. The molecule has 3 heteroatoms. The molecule has 0 aliphatic rings. The summed E-state index contributed by atoms with van der Waals surface area (Å²) in [6.45, 7) is 0. The molecule has 1 heterocycles. The first-order chi connectivity index (χ1) is 10.2. The third kappa shape index (κ3) is 3.34. The lowest BCUT2D eigenvalue weighted by Gasteiger charge is -2.05. The maximum absolute atomic E-state index is 5.90. The number of ether oxygens (including phenoxy) is 1. The summed E-state index contributed by atoms with van der Waals surface area (Å²) in [7, 11) is 1.68. The van der Waals surface area contributed by atoms with E-state index in [2.05, 4.69) is 24.3 Å². The Kier molecular flexibility index (Phi) is 4.07. The van der Waals surface area contributed by atoms with Crippen molar-refractivity contribution in [2.75, 3.05) is 7.11 Å². The molecular weight excluding hydrogens is 282 g/mol. The normalized spacial score (nSPS) is 10.8. The van der Waals surface area contributed by atoms with Crippen molar-refractivity contribution < 1.29 is 4.74 Å². The monoisotopic (exact) mass is 297 g/mol. The van der Waals surface area contributed by atoms with Crippen LogP contribution in [0.1, 0.15) is 11.3 Å². The molecule has 0 amide bonds. The molecule has 0 atom stereocenters. The Hall–Kier alpha value is -2.06. The number of aryl methyl sites for hydroxylation is 2. The second-order valence-electron chi connectivity index (χ2n) is 4.99. The van der Waals surface area contributed by atoms with E-state index in [0.29, 0.717) is 0 Å². The van der Waals surface area contributed by atoms with Crippen LogP contribution in [-0.4, -0.2) is 12.1 Å². The predicted octanol–water partition coefficient (Wildman–Crippen LogP) is 4.68. The summed E-state index contributed by atoms with van der Waals surface area (Å²) in [4.78, 5) is 4.70. The smallest absolute Gasteiger partial charge is 0.119 e. The zero-order valence-corrected chi connectivity index (χ0v) is 12.6. The highest BCUT2D eigenvalue weighted by atomic mass is 35.5. The highest BCUT2D eigenvalue weighted by molar-refractivity contribution is 6.30. The van der Waals surface area contributed by atoms with Crippen molar-refractivity contribution in [1.82, 2.24) is 4.98 Å². The number of benzene rings is 2. The number of hydrogen-bond acceptors (Lipinski definition) is 2. The van der Waals surface area contributed by atoms with Gasteiger partial charge in [-0.1, -0.05) is 29.8 Å². The molecule has 2 aromatic carbocycles. The Bertz CT molecular complexity index is 753. The molecule has 0 saturated carbocycles. The average molecular weight is 298 g/mol. The number of hydrogen-bond donors (Lipinski definition) is 0. The van der Waals surface area contributed by atoms with Gasteiger partial charge in [-0.25, -0.2) is 0 Å². The average Bonchev–Trinajstić information content (AvgIpc) is 2.53. The standard InChI is InChI=1S/C18H16ClNO/c1-21-17-10-11-18-14(12-17)5-9-16(20-18)8-4-13-2-6-15(19)7-3-13/h2-3,5-7,9-12H,4,8H2,1H3. The van der Waals surface area contributed by atoms with Crippen LogP contribution >= 0.6 is 11.6 Å². The largest absolute Gasteiger partial charge is 0.497 e. The zero-order valence-electron chi connectivity index (χ0n) is 11.8. The summed E-state index contributed by atoms with van der Waals surface area (Å²) in [5, 5.41) is 1.88. The molecule has 0 aliphatic carbocycles. The molecule has 0 saturated heterocycles. The van der Waals surface area contributed by atoms with E-state index in [-0.39, 0.29) is 0 Å². The first-order valence-electron chi connectivity index (χ1n) is 6.93. The maximum Gasteiger partial charge on any atom is 0.119 e. The fourth-order valence-corrected chi connectivity index (χ4v) is 2.46. The molecule has 0 N–H and O–H groups in total. The van der Waals surface area contributed by atoms with Crippen LogP contribution in [0.4, 0.5) is 0 Å². The molecule has 0 unspecified atom stereocenters. The lowest BCUT2D eigenvalue weighted by Crippen LogP contribution is -1.95. The van der Waals surface area contributed by atoms with Crippen LogP contribution in [0.3, 0.4) is 0 Å². The van der Waals surface area contributed by atoms with Gasteiger partial charge in [-0.2, -0.15) is 0 Å². The van der Waals surface area contributed by atoms with Crippen LogP contribution in [0.15, 0.2) is 54.6 Å². The van der Waals surface area contributed by atoms with Crippen LogP contribution in [0.2, 0.25) is 5.02 Å². The number of nitrogens with zero attached hydrogens (tertiary/aromatic N) is 1. The van der Waals surface area contributed by atoms with Gasteiger partial charge in [-0.15, -0.1) is 0 Å². The molecule has 0 bridgehead atoms. The van der Waals surface area contributed by atoms with Gasteiger partial charge in [0.05, 0.1) is 12.6 Å². The highest BCUT2D eigenvalue weighted by Gasteiger charge is 2.01. The van der Waals surface area contributed by atoms with Crippen molar-refractivity contribution in [2.24, 2.45) is 0 Å². The van der Waals surface area contributed by atoms with Gasteiger partial charge < -0.3 is 4.74 Å². The molecule has 106 valence electrons. The molecule has 21 heavy (non-hydrogen) atoms. The molecular formula is C18H16ClNO. The minimum atomic E-state index is 0.775. The van der Waals surface area contributed by atoms with Crippen molar-refractivity contribution in [1.29, 1.82) is 0 Å². The molecule has 0 aliphatic heterocycles. The Morgan fingerprint density at radius 1 is 0.952 bits per heavy atom. The van der Waals surface area contributed by atoms with Gasteiger partial charge in [0.1, 0.15) is 5.75 Å². The van der Waals surface area contributed by atoms with E-state index in [1.165, 1.54) is 5.56 Å². The summed E-state index contributed by atoms with van der Waals surface area (Å²) in [5.41, 5.74) is 3.38. The van der Waals surface area contributed by atoms with E-state index < -0.39 is 0 Å². The lowest BCUT2D eigenvalue weighted by molar-refractivity contribution is 0.415. The van der Waals surface area contributed by atoms with Gasteiger partial charge in [0.15, 0.2) is 0 Å². The van der Waals surface area contributed by atoms with Crippen LogP contribution in [-0.2, 0) is 12.8 Å². The molecule has 0 spiro atoms. The van der Waals surface area contributed by atoms with Gasteiger partial charge in [0.2, 0.25) is 0 Å². The second-order valence-corrected chi connectivity index (χ2v) is 5.42. The van der Waals surface area contributed by atoms with Crippen LogP contribution < -0.4 is 4.74 Å². The predicted molar refractivity (Wildman–Crippen MR) is 87.2 cm³/mol. The Morgan fingerprint density at radius 2 is 1.76 bits per heavy atom. The number of fused-ring (bicyclic) bond motifs is 1. The van der Waals surface area contributed by atoms with Gasteiger partial charge in [-0.05, 0) is 54.8 Å². The van der Waals surface area contributed by atoms with Crippen LogP contribution in [0.25, 0.3) is 10.9 Å². The Balaban J connectivity index is 1.76. The highest BCUT2D eigenvalue weighted by Crippen LogP contribution is 2.20. The number of halogens is 1. The summed E-state index contributed by atoms with van der Waals surface area (Å²) < 4.78 is 5.23. The minimum absolute atomic E-state index is 0.775. The quantitative estimate of drug-likeness (QED) is 0.697. The molecule has 0 fully saturated rings. The van der Waals surface area contributed by atoms with Crippen LogP contribution in [0.5, 0.6) is 5.75 Å². The maximum atomic E-state index is 5.90. The Labute approximate surface area is 129 Å². The summed E-state index contributed by atoms with van der Waals surface area (Å²) in [5.74, 6) is 0.859. The Morgan fingerprint density at radius 3 is 2.52 bits per heavy atom. The lowest BCUT2D eigenvalue weighted by atomic mass is 10.1. The van der Waals surface area contributed by atoms with Gasteiger partial charge >= 0.3 is 0 Å². The molecule has 2 nitrogen and oxygen atoms in total. The van der Waals surface area contributed by atoms with E-state index in [1.807, 2.05) is 30.3 Å². The van der Waals surface area contributed by atoms with Crippen LogP contribution in [0, 0.1) is 0 Å². The third-order valence-electron chi connectivity index (χ3n) is 3.54. The van der Waals surface area contributed by atoms with Crippen molar-refractivity contribution in [3.63, 3.8) is 0 Å². The van der Waals surface area contributed by atoms with Gasteiger partial charge in [-0.3, -0.25) is 4.98 Å². The number of methoxy groups -OCH3 is 1. The minimum Gasteiger partial charge on any atom is -0.497 e. The summed E-state index contributed by atoms with van der Waals surface area (Å²) >= 11 is 5.90. The van der Waals surface area contributed by atoms with Gasteiger partial charge in [0, 0.05) is 16.1 Å². The van der Waals surface area contributed by atoms with E-state index in [0.717, 1.165) is 40.2 Å². The van der Waals surface area contributed by atoms with Gasteiger partial charge in [0.25, 0.3) is 0 Å². The summed E-state index contributed by atoms with van der Waals surface area (Å²) in [6, 6.07) is 18.1. The first-order valence-corrected chi connectivity index (χ1v) is 7.30. The van der Waals surface area contributed by atoms with E-state index in [4.69, 9.17) is 21.3 Å². The molecule has 3 rings (SSSR count). The first kappa shape index (κ1) is 13.9. The fraction of sp³-hybridized carbons (Fsp3) is 0.167. The molecule has 1 aromatic heterocycles. The fourth-order valence-electron chi connectivity index (χ4n) is 2.34. The topological polar surface area (TPSA) is 22.1 Å². The number of pyridine rings is 1.